The molecule has 0 radical (unpaired) electrons. The van der Waals surface area contributed by atoms with Crippen LogP contribution in [0.25, 0.3) is 10.9 Å². The second kappa shape index (κ2) is 10.2. The number of fused-ring (bicyclic) bond motifs is 1. The van der Waals surface area contributed by atoms with Crippen LogP contribution in [0.2, 0.25) is 0 Å². The zero-order valence-corrected chi connectivity index (χ0v) is 17.7. The first-order chi connectivity index (χ1) is 15.6. The molecule has 3 heterocycles. The first-order valence-corrected chi connectivity index (χ1v) is 10.3. The number of aromatic nitrogens is 3. The molecular formula is C21H24N6O5. The van der Waals surface area contributed by atoms with E-state index in [1.807, 2.05) is 6.07 Å². The largest absolute Gasteiger partial charge is 0.493 e. The predicted molar refractivity (Wildman–Crippen MR) is 118 cm³/mol. The molecule has 0 atom stereocenters. The van der Waals surface area contributed by atoms with E-state index >= 15 is 0 Å². The van der Waals surface area contributed by atoms with Gasteiger partial charge in [-0.3, -0.25) is 15.0 Å². The first kappa shape index (κ1) is 21.7. The molecule has 0 amide bonds. The number of rotatable bonds is 9. The fourth-order valence-corrected chi connectivity index (χ4v) is 3.42. The van der Waals surface area contributed by atoms with Crippen molar-refractivity contribution in [3.63, 3.8) is 0 Å². The number of nitrogens with zero attached hydrogens (tertiary/aromatic N) is 5. The molecule has 0 unspecified atom stereocenters. The Balaban J connectivity index is 1.47. The van der Waals surface area contributed by atoms with Gasteiger partial charge in [0.15, 0.2) is 11.5 Å². The van der Waals surface area contributed by atoms with Gasteiger partial charge in [0.2, 0.25) is 0 Å². The van der Waals surface area contributed by atoms with Gasteiger partial charge in [0, 0.05) is 37.2 Å². The van der Waals surface area contributed by atoms with Crippen LogP contribution >= 0.6 is 0 Å². The molecule has 168 valence electrons. The molecule has 1 aliphatic heterocycles. The molecule has 32 heavy (non-hydrogen) atoms. The Labute approximate surface area is 184 Å². The molecule has 1 saturated heterocycles. The average molecular weight is 440 g/mol. The summed E-state index contributed by atoms with van der Waals surface area (Å²) in [6, 6.07) is 6.52. The lowest BCUT2D eigenvalue weighted by Crippen LogP contribution is -2.37. The lowest BCUT2D eigenvalue weighted by Gasteiger charge is -2.26. The number of methoxy groups -OCH3 is 1. The van der Waals surface area contributed by atoms with Crippen LogP contribution < -0.4 is 14.8 Å². The van der Waals surface area contributed by atoms with Crippen molar-refractivity contribution in [3.05, 3.63) is 46.9 Å². The van der Waals surface area contributed by atoms with Crippen LogP contribution in [0.15, 0.2) is 36.8 Å². The Kier molecular flexibility index (Phi) is 6.87. The number of morpholine rings is 1. The van der Waals surface area contributed by atoms with E-state index < -0.39 is 4.92 Å². The van der Waals surface area contributed by atoms with Gasteiger partial charge in [0.25, 0.3) is 5.69 Å². The first-order valence-electron chi connectivity index (χ1n) is 10.3. The Morgan fingerprint density at radius 3 is 2.75 bits per heavy atom. The molecule has 1 N–H and O–H groups in total. The molecule has 1 aromatic carbocycles. The summed E-state index contributed by atoms with van der Waals surface area (Å²) < 4.78 is 16.9. The van der Waals surface area contributed by atoms with Gasteiger partial charge >= 0.3 is 0 Å². The summed E-state index contributed by atoms with van der Waals surface area (Å²) in [6.45, 7) is 4.99. The van der Waals surface area contributed by atoms with Gasteiger partial charge in [-0.05, 0) is 18.6 Å². The lowest BCUT2D eigenvalue weighted by molar-refractivity contribution is -0.385. The van der Waals surface area contributed by atoms with Gasteiger partial charge in [-0.2, -0.15) is 0 Å². The Morgan fingerprint density at radius 1 is 1.19 bits per heavy atom. The number of anilines is 2. The summed E-state index contributed by atoms with van der Waals surface area (Å²) in [4.78, 5) is 25.4. The summed E-state index contributed by atoms with van der Waals surface area (Å²) >= 11 is 0. The van der Waals surface area contributed by atoms with Gasteiger partial charge in [0.05, 0.1) is 37.4 Å². The van der Waals surface area contributed by atoms with Crippen LogP contribution in [0, 0.1) is 10.1 Å². The maximum Gasteiger partial charge on any atom is 0.287 e. The topological polar surface area (TPSA) is 125 Å². The quantitative estimate of drug-likeness (QED) is 0.302. The Morgan fingerprint density at radius 2 is 2.03 bits per heavy atom. The fourth-order valence-electron chi connectivity index (χ4n) is 3.42. The van der Waals surface area contributed by atoms with Crippen LogP contribution in [0.5, 0.6) is 11.5 Å². The van der Waals surface area contributed by atoms with Gasteiger partial charge in [-0.1, -0.05) is 0 Å². The van der Waals surface area contributed by atoms with Crippen molar-refractivity contribution in [1.29, 1.82) is 0 Å². The van der Waals surface area contributed by atoms with Gasteiger partial charge < -0.3 is 19.5 Å². The zero-order chi connectivity index (χ0) is 22.3. The van der Waals surface area contributed by atoms with Gasteiger partial charge in [-0.25, -0.2) is 15.0 Å². The second-order valence-electron chi connectivity index (χ2n) is 7.18. The maximum absolute atomic E-state index is 10.8. The molecule has 0 aliphatic carbocycles. The molecule has 1 aliphatic rings. The number of hydrogen-bond donors (Lipinski definition) is 1. The van der Waals surface area contributed by atoms with Crippen LogP contribution in [0.4, 0.5) is 17.3 Å². The van der Waals surface area contributed by atoms with Crippen LogP contribution in [0.3, 0.4) is 0 Å². The van der Waals surface area contributed by atoms with E-state index in [4.69, 9.17) is 14.2 Å². The highest BCUT2D eigenvalue weighted by Crippen LogP contribution is 2.34. The SMILES string of the molecule is COc1cc2c(Nc3ccc([N+](=O)[O-])cn3)ncnc2cc1OCCCN1CCOCC1. The highest BCUT2D eigenvalue weighted by Gasteiger charge is 2.14. The van der Waals surface area contributed by atoms with Crippen molar-refractivity contribution in [2.75, 3.05) is 51.9 Å². The standard InChI is InChI=1S/C21H24N6O5/c1-30-18-11-16-17(12-19(18)32-8-2-5-26-6-9-31-10-7-26)23-14-24-21(16)25-20-4-3-15(13-22-20)27(28)29/h3-4,11-14H,2,5-10H2,1H3,(H,22,23,24,25). The monoisotopic (exact) mass is 440 g/mol. The third-order valence-corrected chi connectivity index (χ3v) is 5.11. The zero-order valence-electron chi connectivity index (χ0n) is 17.7. The van der Waals surface area contributed by atoms with Crippen molar-refractivity contribution >= 4 is 28.2 Å². The summed E-state index contributed by atoms with van der Waals surface area (Å²) in [7, 11) is 1.58. The van der Waals surface area contributed by atoms with Crippen LogP contribution in [-0.2, 0) is 4.74 Å². The highest BCUT2D eigenvalue weighted by molar-refractivity contribution is 5.92. The number of ether oxygens (including phenoxy) is 3. The third-order valence-electron chi connectivity index (χ3n) is 5.11. The van der Waals surface area contributed by atoms with E-state index in [1.165, 1.54) is 24.7 Å². The summed E-state index contributed by atoms with van der Waals surface area (Å²) in [5, 5.41) is 14.6. The second-order valence-corrected chi connectivity index (χ2v) is 7.18. The van der Waals surface area contributed by atoms with E-state index in [-0.39, 0.29) is 5.69 Å². The van der Waals surface area contributed by atoms with Crippen LogP contribution in [0.1, 0.15) is 6.42 Å². The number of pyridine rings is 1. The molecule has 2 aromatic heterocycles. The maximum atomic E-state index is 10.8. The molecule has 11 nitrogen and oxygen atoms in total. The van der Waals surface area contributed by atoms with Crippen molar-refractivity contribution in [1.82, 2.24) is 19.9 Å². The normalized spacial score (nSPS) is 14.3. The molecule has 0 spiro atoms. The fraction of sp³-hybridized carbons (Fsp3) is 0.381. The number of nitrogens with one attached hydrogen (secondary N) is 1. The highest BCUT2D eigenvalue weighted by atomic mass is 16.6. The van der Waals surface area contributed by atoms with Gasteiger partial charge in [0.1, 0.15) is 24.2 Å². The molecule has 0 saturated carbocycles. The summed E-state index contributed by atoms with van der Waals surface area (Å²) in [5.41, 5.74) is 0.591. The molecule has 0 bridgehead atoms. The molecule has 4 rings (SSSR count). The van der Waals surface area contributed by atoms with Crippen molar-refractivity contribution in [2.45, 2.75) is 6.42 Å². The molecule has 3 aromatic rings. The van der Waals surface area contributed by atoms with E-state index in [2.05, 4.69) is 25.2 Å². The minimum atomic E-state index is -0.496. The van der Waals surface area contributed by atoms with E-state index in [9.17, 15) is 10.1 Å². The third kappa shape index (κ3) is 5.18. The predicted octanol–water partition coefficient (Wildman–Crippen LogP) is 2.79. The minimum Gasteiger partial charge on any atom is -0.493 e. The molecule has 11 heteroatoms. The number of hydrogen-bond acceptors (Lipinski definition) is 10. The van der Waals surface area contributed by atoms with Crippen molar-refractivity contribution < 1.29 is 19.1 Å². The number of nitro groups is 1. The van der Waals surface area contributed by atoms with Crippen molar-refractivity contribution in [3.8, 4) is 11.5 Å². The van der Waals surface area contributed by atoms with Crippen LogP contribution in [-0.4, -0.2) is 71.3 Å². The number of benzene rings is 1. The lowest BCUT2D eigenvalue weighted by atomic mass is 10.2. The van der Waals surface area contributed by atoms with E-state index in [0.29, 0.717) is 40.6 Å². The van der Waals surface area contributed by atoms with Gasteiger partial charge in [-0.15, -0.1) is 0 Å². The van der Waals surface area contributed by atoms with E-state index in [1.54, 1.807) is 13.2 Å². The minimum absolute atomic E-state index is 0.0832. The van der Waals surface area contributed by atoms with E-state index in [0.717, 1.165) is 39.3 Å². The summed E-state index contributed by atoms with van der Waals surface area (Å²) in [5.74, 6) is 2.12. The smallest absolute Gasteiger partial charge is 0.287 e. The van der Waals surface area contributed by atoms with Crippen molar-refractivity contribution in [2.24, 2.45) is 0 Å². The molecular weight excluding hydrogens is 416 g/mol. The Bertz CT molecular complexity index is 1070. The average Bonchev–Trinajstić information content (AvgIpc) is 2.82. The Hall–Kier alpha value is -3.57. The summed E-state index contributed by atoms with van der Waals surface area (Å²) in [6.07, 6.45) is 3.52. The molecule has 1 fully saturated rings.